The van der Waals surface area contributed by atoms with Crippen molar-refractivity contribution in [3.05, 3.63) is 53.6 Å². The number of carbonyl (C=O) groups excluding carboxylic acids is 1. The summed E-state index contributed by atoms with van der Waals surface area (Å²) in [6, 6.07) is 10.9. The molecule has 148 valence electrons. The van der Waals surface area contributed by atoms with E-state index in [4.69, 9.17) is 14.1 Å². The molecule has 2 aromatic rings. The molecule has 1 heterocycles. The summed E-state index contributed by atoms with van der Waals surface area (Å²) >= 11 is 0. The quantitative estimate of drug-likeness (QED) is 0.688. The first-order chi connectivity index (χ1) is 13.3. The number of aryl methyl sites for hydroxylation is 1. The minimum Gasteiger partial charge on any atom is -0.518 e. The van der Waals surface area contributed by atoms with Crippen LogP contribution in [0.2, 0.25) is 0 Å². The van der Waals surface area contributed by atoms with E-state index in [-0.39, 0.29) is 11.2 Å². The minimum atomic E-state index is -3.90. The molecular formula is C19H22BNO6S. The van der Waals surface area contributed by atoms with Gasteiger partial charge in [0.25, 0.3) is 0 Å². The van der Waals surface area contributed by atoms with Gasteiger partial charge in [-0.25, -0.2) is 8.42 Å². The van der Waals surface area contributed by atoms with Crippen molar-refractivity contribution in [2.75, 3.05) is 14.2 Å². The summed E-state index contributed by atoms with van der Waals surface area (Å²) in [5.74, 6) is 0.513. The van der Waals surface area contributed by atoms with Crippen LogP contribution in [0.25, 0.3) is 0 Å². The Kier molecular flexibility index (Phi) is 5.67. The predicted molar refractivity (Wildman–Crippen MR) is 105 cm³/mol. The molecule has 9 heteroatoms. The van der Waals surface area contributed by atoms with Crippen LogP contribution in [0.4, 0.5) is 0 Å². The van der Waals surface area contributed by atoms with Crippen LogP contribution in [-0.2, 0) is 25.8 Å². The van der Waals surface area contributed by atoms with Gasteiger partial charge in [-0.3, -0.25) is 4.79 Å². The molecule has 0 aromatic heterocycles. The molecule has 0 radical (unpaired) electrons. The molecule has 2 aromatic carbocycles. The van der Waals surface area contributed by atoms with Gasteiger partial charge in [0.2, 0.25) is 10.0 Å². The van der Waals surface area contributed by atoms with E-state index >= 15 is 0 Å². The molecule has 0 bridgehead atoms. The third-order valence-electron chi connectivity index (χ3n) is 4.71. The fourth-order valence-electron chi connectivity index (χ4n) is 3.17. The Hall–Kier alpha value is -2.52. The number of rotatable bonds is 6. The minimum absolute atomic E-state index is 0.126. The van der Waals surface area contributed by atoms with Crippen molar-refractivity contribution in [2.45, 2.75) is 31.1 Å². The zero-order valence-electron chi connectivity index (χ0n) is 16.2. The summed E-state index contributed by atoms with van der Waals surface area (Å²) in [4.78, 5) is 12.3. The fourth-order valence-corrected chi connectivity index (χ4v) is 4.83. The van der Waals surface area contributed by atoms with Crippen LogP contribution >= 0.6 is 0 Å². The lowest BCUT2D eigenvalue weighted by atomic mass is 9.75. The summed E-state index contributed by atoms with van der Waals surface area (Å²) in [6.07, 6.45) is 0.196. The third kappa shape index (κ3) is 3.72. The van der Waals surface area contributed by atoms with E-state index in [1.54, 1.807) is 30.3 Å². The average molecular weight is 403 g/mol. The van der Waals surface area contributed by atoms with Gasteiger partial charge in [-0.05, 0) is 43.7 Å². The van der Waals surface area contributed by atoms with E-state index in [0.717, 1.165) is 15.3 Å². The molecule has 1 aliphatic heterocycles. The first kappa shape index (κ1) is 20.2. The smallest absolute Gasteiger partial charge is 0.470 e. The monoisotopic (exact) mass is 403 g/mol. The van der Waals surface area contributed by atoms with Gasteiger partial charge in [0, 0.05) is 6.32 Å². The summed E-state index contributed by atoms with van der Waals surface area (Å²) < 4.78 is 43.4. The fraction of sp³-hybridized carbons (Fsp3) is 0.316. The Morgan fingerprint density at radius 2 is 1.71 bits per heavy atom. The van der Waals surface area contributed by atoms with Crippen molar-refractivity contribution >= 4 is 23.0 Å². The highest BCUT2D eigenvalue weighted by molar-refractivity contribution is 7.90. The molecule has 0 N–H and O–H groups in total. The highest BCUT2D eigenvalue weighted by atomic mass is 32.2. The maximum Gasteiger partial charge on any atom is 0.470 e. The average Bonchev–Trinajstić information content (AvgIpc) is 2.96. The number of nitrogens with zero attached hydrogens (tertiary/aromatic N) is 1. The molecule has 0 amide bonds. The van der Waals surface area contributed by atoms with Crippen LogP contribution in [0.3, 0.4) is 0 Å². The van der Waals surface area contributed by atoms with Crippen LogP contribution in [0.5, 0.6) is 11.5 Å². The molecule has 1 atom stereocenters. The summed E-state index contributed by atoms with van der Waals surface area (Å²) in [5.41, 5.74) is 1.70. The van der Waals surface area contributed by atoms with Crippen LogP contribution in [0, 0.1) is 6.92 Å². The molecule has 28 heavy (non-hydrogen) atoms. The van der Waals surface area contributed by atoms with Gasteiger partial charge in [0.15, 0.2) is 11.5 Å². The van der Waals surface area contributed by atoms with E-state index in [1.165, 1.54) is 33.3 Å². The second kappa shape index (κ2) is 7.85. The molecule has 1 unspecified atom stereocenters. The summed E-state index contributed by atoms with van der Waals surface area (Å²) in [6.45, 7) is 3.41. The van der Waals surface area contributed by atoms with Crippen molar-refractivity contribution < 1.29 is 27.3 Å². The molecule has 0 saturated carbocycles. The molecule has 3 rings (SSSR count). The Labute approximate surface area is 165 Å². The molecular weight excluding hydrogens is 381 g/mol. The Morgan fingerprint density at radius 1 is 1.07 bits per heavy atom. The van der Waals surface area contributed by atoms with Gasteiger partial charge in [0.05, 0.1) is 19.1 Å². The van der Waals surface area contributed by atoms with E-state index < -0.39 is 29.1 Å². The lowest BCUT2D eigenvalue weighted by Gasteiger charge is -2.22. The van der Waals surface area contributed by atoms with E-state index in [9.17, 15) is 13.2 Å². The highest BCUT2D eigenvalue weighted by Gasteiger charge is 2.50. The highest BCUT2D eigenvalue weighted by Crippen LogP contribution is 2.31. The molecule has 7 nitrogen and oxygen atoms in total. The molecule has 1 aliphatic rings. The molecule has 0 spiro atoms. The van der Waals surface area contributed by atoms with Crippen molar-refractivity contribution in [3.8, 4) is 11.5 Å². The second-order valence-electron chi connectivity index (χ2n) is 6.61. The third-order valence-corrected chi connectivity index (χ3v) is 6.69. The van der Waals surface area contributed by atoms with Gasteiger partial charge in [0.1, 0.15) is 6.04 Å². The number of ether oxygens (including phenoxy) is 2. The number of hydrogen-bond donors (Lipinski definition) is 0. The van der Waals surface area contributed by atoms with Crippen molar-refractivity contribution in [2.24, 2.45) is 0 Å². The molecule has 1 saturated heterocycles. The van der Waals surface area contributed by atoms with Gasteiger partial charge in [-0.15, -0.1) is 0 Å². The lowest BCUT2D eigenvalue weighted by molar-refractivity contribution is -0.134. The maximum absolute atomic E-state index is 13.2. The van der Waals surface area contributed by atoms with Crippen molar-refractivity contribution in [3.63, 3.8) is 0 Å². The van der Waals surface area contributed by atoms with Gasteiger partial charge in [-0.1, -0.05) is 23.8 Å². The first-order valence-electron chi connectivity index (χ1n) is 8.79. The Balaban J connectivity index is 1.94. The maximum atomic E-state index is 13.2. The second-order valence-corrected chi connectivity index (χ2v) is 8.45. The summed E-state index contributed by atoms with van der Waals surface area (Å²) in [7, 11) is -1.79. The van der Waals surface area contributed by atoms with Crippen LogP contribution in [0.15, 0.2) is 47.4 Å². The topological polar surface area (TPSA) is 82.1 Å². The van der Waals surface area contributed by atoms with Crippen molar-refractivity contribution in [1.82, 2.24) is 4.22 Å². The number of benzene rings is 2. The van der Waals surface area contributed by atoms with Crippen LogP contribution in [0.1, 0.15) is 18.1 Å². The first-order valence-corrected chi connectivity index (χ1v) is 10.2. The normalized spacial score (nSPS) is 17.5. The van der Waals surface area contributed by atoms with E-state index in [2.05, 4.69) is 0 Å². The number of sulfonamides is 1. The van der Waals surface area contributed by atoms with Crippen LogP contribution < -0.4 is 9.47 Å². The Morgan fingerprint density at radius 3 is 2.32 bits per heavy atom. The standard InChI is InChI=1S/C19H22BNO6S/c1-13-5-8-16(9-6-13)28(23,24)21-14(2)19(22)27-20(21)12-15-7-10-17(25-3)18(11-15)26-4/h5-11,14H,12H2,1-4H3. The lowest BCUT2D eigenvalue weighted by Crippen LogP contribution is -2.45. The van der Waals surface area contributed by atoms with Gasteiger partial charge < -0.3 is 14.1 Å². The van der Waals surface area contributed by atoms with Crippen molar-refractivity contribution in [1.29, 1.82) is 0 Å². The van der Waals surface area contributed by atoms with E-state index in [1.807, 2.05) is 6.92 Å². The molecule has 0 aliphatic carbocycles. The van der Waals surface area contributed by atoms with Gasteiger partial charge >= 0.3 is 13.0 Å². The number of hydrogen-bond acceptors (Lipinski definition) is 6. The zero-order chi connectivity index (χ0) is 20.5. The SMILES string of the molecule is COc1ccc(CB2OC(=O)C(C)N2S(=O)(=O)c2ccc(C)cc2)cc1OC. The number of carbonyl (C=O) groups is 1. The Bertz CT molecular complexity index is 976. The largest absolute Gasteiger partial charge is 0.518 e. The molecule has 1 fully saturated rings. The number of methoxy groups -OCH3 is 2. The van der Waals surface area contributed by atoms with Gasteiger partial charge in [-0.2, -0.15) is 4.22 Å². The summed E-state index contributed by atoms with van der Waals surface area (Å²) in [5, 5.41) is 0. The van der Waals surface area contributed by atoms with Crippen LogP contribution in [-0.4, -0.2) is 45.9 Å². The zero-order valence-corrected chi connectivity index (χ0v) is 17.0. The predicted octanol–water partition coefficient (Wildman–Crippen LogP) is 2.22. The van der Waals surface area contributed by atoms with E-state index in [0.29, 0.717) is 11.5 Å².